The van der Waals surface area contributed by atoms with Crippen molar-refractivity contribution >= 4 is 11.3 Å². The highest BCUT2D eigenvalue weighted by Gasteiger charge is 2.41. The molecule has 0 aliphatic rings. The van der Waals surface area contributed by atoms with Crippen molar-refractivity contribution in [2.75, 3.05) is 7.11 Å². The Kier molecular flexibility index (Phi) is 10.5. The molecule has 194 valence electrons. The van der Waals surface area contributed by atoms with E-state index in [0.717, 1.165) is 18.3 Å². The molecule has 0 fully saturated rings. The lowest BCUT2D eigenvalue weighted by Gasteiger charge is -2.19. The van der Waals surface area contributed by atoms with E-state index in [9.17, 15) is 35.8 Å². The Balaban J connectivity index is 2.54. The molecule has 1 heterocycles. The van der Waals surface area contributed by atoms with E-state index in [4.69, 9.17) is 4.84 Å². The summed E-state index contributed by atoms with van der Waals surface area (Å²) < 4.78 is 98.6. The van der Waals surface area contributed by atoms with Crippen LogP contribution in [0.3, 0.4) is 0 Å². The van der Waals surface area contributed by atoms with Crippen molar-refractivity contribution < 1.29 is 55.6 Å². The van der Waals surface area contributed by atoms with Gasteiger partial charge < -0.3 is 14.6 Å². The van der Waals surface area contributed by atoms with Crippen LogP contribution < -0.4 is 15.0 Å². The van der Waals surface area contributed by atoms with Gasteiger partial charge in [-0.25, -0.2) is 9.82 Å². The second kappa shape index (κ2) is 12.9. The number of hydrogen-bond acceptors (Lipinski definition) is 6. The van der Waals surface area contributed by atoms with Gasteiger partial charge in [0.25, 0.3) is 0 Å². The summed E-state index contributed by atoms with van der Waals surface area (Å²) in [6, 6.07) is 3.35. The van der Waals surface area contributed by atoms with Crippen molar-refractivity contribution in [3.8, 4) is 11.5 Å². The number of alkyl halides is 7. The molecule has 0 spiro atoms. The van der Waals surface area contributed by atoms with Gasteiger partial charge in [0.2, 0.25) is 6.10 Å². The topological polar surface area (TPSA) is 77.4 Å². The fraction of sp³-hybridized carbons (Fsp3) is 0.381. The Morgan fingerprint density at radius 1 is 1.14 bits per heavy atom. The summed E-state index contributed by atoms with van der Waals surface area (Å²) in [6.07, 6.45) is -1.52. The zero-order chi connectivity index (χ0) is 26.2. The molecule has 0 aliphatic carbocycles. The van der Waals surface area contributed by atoms with Crippen molar-refractivity contribution in [2.45, 2.75) is 44.8 Å². The van der Waals surface area contributed by atoms with Gasteiger partial charge >= 0.3 is 19.4 Å². The van der Waals surface area contributed by atoms with Crippen LogP contribution in [0.2, 0.25) is 0 Å². The molecule has 6 nitrogen and oxygen atoms in total. The number of nitrogens with two attached hydrogens (primary N) is 1. The molecule has 2 atom stereocenters. The Hall–Kier alpha value is -2.68. The second-order valence-electron chi connectivity index (χ2n) is 6.86. The highest BCUT2D eigenvalue weighted by Crippen LogP contribution is 2.42. The zero-order valence-electron chi connectivity index (χ0n) is 18.3. The number of hydrogen-bond donors (Lipinski definition) is 2. The molecule has 0 bridgehead atoms. The van der Waals surface area contributed by atoms with Crippen molar-refractivity contribution in [3.05, 3.63) is 63.8 Å². The van der Waals surface area contributed by atoms with E-state index >= 15 is 0 Å². The van der Waals surface area contributed by atoms with Gasteiger partial charge in [-0.15, -0.1) is 11.3 Å². The molecule has 35 heavy (non-hydrogen) atoms. The smallest absolute Gasteiger partial charge is 0.420 e. The van der Waals surface area contributed by atoms with E-state index in [1.807, 2.05) is 0 Å². The fourth-order valence-electron chi connectivity index (χ4n) is 2.99. The molecule has 1 aromatic heterocycles. The average molecular weight is 531 g/mol. The Morgan fingerprint density at radius 3 is 2.37 bits per heavy atom. The first-order valence-corrected chi connectivity index (χ1v) is 10.7. The number of aromatic nitrogens is 1. The van der Waals surface area contributed by atoms with Crippen LogP contribution in [0, 0.1) is 0 Å². The first-order chi connectivity index (χ1) is 16.5. The molecule has 0 aliphatic heterocycles. The summed E-state index contributed by atoms with van der Waals surface area (Å²) in [4.78, 5) is 8.76. The predicted octanol–water partition coefficient (Wildman–Crippen LogP) is 5.05. The lowest BCUT2D eigenvalue weighted by atomic mass is 9.90. The normalized spacial score (nSPS) is 14.7. The van der Waals surface area contributed by atoms with Gasteiger partial charge in [0.1, 0.15) is 11.2 Å². The van der Waals surface area contributed by atoms with Crippen LogP contribution in [0.1, 0.15) is 40.8 Å². The van der Waals surface area contributed by atoms with Gasteiger partial charge in [0.05, 0.1) is 7.11 Å². The molecule has 1 aromatic carbocycles. The number of halogens is 7. The zero-order valence-corrected chi connectivity index (χ0v) is 19.1. The van der Waals surface area contributed by atoms with Gasteiger partial charge in [0.15, 0.2) is 11.5 Å². The quantitative estimate of drug-likeness (QED) is 0.228. The molecular formula is C21H22F7N2O4S+. The molecule has 0 saturated heterocycles. The molecule has 14 heteroatoms. The van der Waals surface area contributed by atoms with Crippen LogP contribution in [-0.4, -0.2) is 36.6 Å². The van der Waals surface area contributed by atoms with Crippen molar-refractivity contribution in [3.63, 3.8) is 0 Å². The minimum absolute atomic E-state index is 0.150. The van der Waals surface area contributed by atoms with Crippen LogP contribution in [0.5, 0.6) is 11.5 Å². The molecular weight excluding hydrogens is 509 g/mol. The minimum atomic E-state index is -4.94. The van der Waals surface area contributed by atoms with E-state index in [2.05, 4.69) is 14.5 Å². The van der Waals surface area contributed by atoms with E-state index < -0.39 is 47.9 Å². The van der Waals surface area contributed by atoms with Crippen LogP contribution in [0.4, 0.5) is 30.7 Å². The van der Waals surface area contributed by atoms with E-state index in [1.165, 1.54) is 18.7 Å². The Bertz CT molecular complexity index is 1010. The monoisotopic (exact) mass is 531 g/mol. The highest BCUT2D eigenvalue weighted by atomic mass is 32.1. The Morgan fingerprint density at radius 2 is 1.80 bits per heavy atom. The van der Waals surface area contributed by atoms with Crippen LogP contribution in [-0.2, 0) is 4.84 Å². The molecule has 2 aromatic rings. The number of nitrogens with zero attached hydrogens (tertiary/aromatic N) is 1. The number of quaternary nitrogens is 1. The van der Waals surface area contributed by atoms with Gasteiger partial charge in [-0.1, -0.05) is 12.1 Å². The molecule has 3 N–H and O–H groups in total. The number of allylic oxidation sites excluding steroid dienone is 3. The summed E-state index contributed by atoms with van der Waals surface area (Å²) >= 11 is 0.581. The van der Waals surface area contributed by atoms with E-state index in [0.29, 0.717) is 16.9 Å². The second-order valence-corrected chi connectivity index (χ2v) is 7.95. The molecule has 0 amide bonds. The SMILES string of the molecule is C/C=C(\C=C/[NH2+]OC)CC(c1ccc(OC(F)F)c(OC(F)F)c1)c1cnc(C(O)C(F)(F)F)s1. The minimum Gasteiger partial charge on any atom is -0.431 e. The third kappa shape index (κ3) is 8.49. The number of aliphatic hydroxyl groups excluding tert-OH is 1. The number of rotatable bonds is 12. The average Bonchev–Trinajstić information content (AvgIpc) is 3.25. The van der Waals surface area contributed by atoms with Gasteiger partial charge in [-0.3, -0.25) is 0 Å². The van der Waals surface area contributed by atoms with Crippen molar-refractivity contribution in [1.29, 1.82) is 0 Å². The van der Waals surface area contributed by atoms with Crippen molar-refractivity contribution in [1.82, 2.24) is 4.98 Å². The number of ether oxygens (including phenoxy) is 2. The molecule has 2 unspecified atom stereocenters. The van der Waals surface area contributed by atoms with Gasteiger partial charge in [-0.05, 0) is 42.7 Å². The summed E-state index contributed by atoms with van der Waals surface area (Å²) in [5.41, 5.74) is 2.31. The lowest BCUT2D eigenvalue weighted by Crippen LogP contribution is -2.75. The number of thiazole rings is 1. The van der Waals surface area contributed by atoms with E-state index in [-0.39, 0.29) is 16.9 Å². The van der Waals surface area contributed by atoms with Gasteiger partial charge in [0, 0.05) is 17.0 Å². The molecule has 2 rings (SSSR count). The first-order valence-electron chi connectivity index (χ1n) is 9.88. The first kappa shape index (κ1) is 28.6. The van der Waals surface area contributed by atoms with Gasteiger partial charge in [-0.2, -0.15) is 36.2 Å². The standard InChI is InChI=1S/C21H21F7N2O4S/c1-3-11(6-7-30-32-2)8-13(16-10-29-18(35-16)17(31)21(26,27)28)12-4-5-14(33-19(22)23)15(9-12)34-20(24)25/h3-7,9-10,13,17,19-20,30-31H,8H2,1-2H3/p+1/b7-6-,11-3+. The third-order valence-corrected chi connectivity index (χ3v) is 5.73. The number of aliphatic hydroxyl groups is 1. The summed E-state index contributed by atoms with van der Waals surface area (Å²) in [5.74, 6) is -2.07. The van der Waals surface area contributed by atoms with Crippen LogP contribution in [0.15, 0.2) is 48.3 Å². The number of benzene rings is 1. The van der Waals surface area contributed by atoms with Crippen LogP contribution in [0.25, 0.3) is 0 Å². The molecule has 0 saturated carbocycles. The summed E-state index contributed by atoms with van der Waals surface area (Å²) in [5, 5.41) is 8.94. The van der Waals surface area contributed by atoms with Crippen LogP contribution >= 0.6 is 11.3 Å². The highest BCUT2D eigenvalue weighted by molar-refractivity contribution is 7.11. The maximum Gasteiger partial charge on any atom is 0.420 e. The Labute approximate surface area is 199 Å². The largest absolute Gasteiger partial charge is 0.431 e. The lowest BCUT2D eigenvalue weighted by molar-refractivity contribution is -0.842. The maximum absolute atomic E-state index is 12.9. The third-order valence-electron chi connectivity index (χ3n) is 4.57. The summed E-state index contributed by atoms with van der Waals surface area (Å²) in [6.45, 7) is -4.94. The summed E-state index contributed by atoms with van der Waals surface area (Å²) in [7, 11) is 1.43. The molecule has 0 radical (unpaired) electrons. The number of hydroxylamine groups is 1. The fourth-order valence-corrected chi connectivity index (χ4v) is 4.05. The van der Waals surface area contributed by atoms with E-state index in [1.54, 1.807) is 25.3 Å². The maximum atomic E-state index is 12.9. The van der Waals surface area contributed by atoms with Crippen molar-refractivity contribution in [2.24, 2.45) is 0 Å². The predicted molar refractivity (Wildman–Crippen MR) is 111 cm³/mol.